The maximum absolute atomic E-state index is 12.3. The minimum atomic E-state index is -3.09. The highest BCUT2D eigenvalue weighted by Gasteiger charge is 2.26. The molecular formula is C18H29ClN2O4S. The summed E-state index contributed by atoms with van der Waals surface area (Å²) in [6, 6.07) is 7.37. The molecular weight excluding hydrogens is 376 g/mol. The summed E-state index contributed by atoms with van der Waals surface area (Å²) < 4.78 is 27.6. The van der Waals surface area contributed by atoms with Gasteiger partial charge in [0.2, 0.25) is 5.91 Å². The molecule has 0 bridgehead atoms. The van der Waals surface area contributed by atoms with Crippen LogP contribution in [0.3, 0.4) is 0 Å². The van der Waals surface area contributed by atoms with Crippen LogP contribution in [-0.4, -0.2) is 57.5 Å². The highest BCUT2D eigenvalue weighted by Crippen LogP contribution is 2.23. The van der Waals surface area contributed by atoms with Crippen molar-refractivity contribution in [2.24, 2.45) is 11.7 Å². The molecule has 1 fully saturated rings. The van der Waals surface area contributed by atoms with Gasteiger partial charge in [0, 0.05) is 19.3 Å². The lowest BCUT2D eigenvalue weighted by molar-refractivity contribution is -0.134. The number of piperidine rings is 1. The van der Waals surface area contributed by atoms with Gasteiger partial charge < -0.3 is 15.4 Å². The number of benzene rings is 1. The summed E-state index contributed by atoms with van der Waals surface area (Å²) in [6.07, 6.45) is 4.22. The number of nitrogens with two attached hydrogens (primary N) is 1. The van der Waals surface area contributed by atoms with E-state index in [-0.39, 0.29) is 30.5 Å². The Morgan fingerprint density at radius 1 is 1.27 bits per heavy atom. The molecule has 148 valence electrons. The Morgan fingerprint density at radius 3 is 2.35 bits per heavy atom. The van der Waals surface area contributed by atoms with Gasteiger partial charge >= 0.3 is 0 Å². The summed E-state index contributed by atoms with van der Waals surface area (Å²) >= 11 is 0. The molecule has 1 aromatic carbocycles. The number of sulfone groups is 1. The van der Waals surface area contributed by atoms with Crippen LogP contribution in [-0.2, 0) is 21.1 Å². The van der Waals surface area contributed by atoms with Crippen LogP contribution < -0.4 is 10.5 Å². The van der Waals surface area contributed by atoms with Crippen LogP contribution in [0.2, 0.25) is 0 Å². The van der Waals surface area contributed by atoms with Gasteiger partial charge in [0.05, 0.1) is 18.9 Å². The normalized spacial score (nSPS) is 16.7. The van der Waals surface area contributed by atoms with E-state index in [4.69, 9.17) is 10.5 Å². The molecule has 0 aliphatic carbocycles. The van der Waals surface area contributed by atoms with E-state index in [2.05, 4.69) is 12.1 Å². The third-order valence-electron chi connectivity index (χ3n) is 4.73. The lowest BCUT2D eigenvalue weighted by atomic mass is 9.90. The predicted molar refractivity (Wildman–Crippen MR) is 106 cm³/mol. The first kappa shape index (κ1) is 22.7. The monoisotopic (exact) mass is 404 g/mol. The van der Waals surface area contributed by atoms with Crippen molar-refractivity contribution in [1.29, 1.82) is 0 Å². The van der Waals surface area contributed by atoms with E-state index in [0.717, 1.165) is 31.3 Å². The summed E-state index contributed by atoms with van der Waals surface area (Å²) in [7, 11) is -1.44. The largest absolute Gasteiger partial charge is 0.497 e. The maximum atomic E-state index is 12.3. The second-order valence-electron chi connectivity index (χ2n) is 6.85. The molecule has 1 amide bonds. The standard InChI is InChI=1S/C18H28N2O4S.ClH/c1-24-16-5-3-14(4-6-16)13-15-7-10-20(11-8-15)18(21)17(19)9-12-25(2,22)23;/h3-6,15,17H,7-13,19H2,1-2H3;1H. The first-order valence-corrected chi connectivity index (χ1v) is 10.7. The van der Waals surface area contributed by atoms with Crippen molar-refractivity contribution in [3.63, 3.8) is 0 Å². The van der Waals surface area contributed by atoms with Crippen molar-refractivity contribution in [3.05, 3.63) is 29.8 Å². The number of likely N-dealkylation sites (tertiary alicyclic amines) is 1. The van der Waals surface area contributed by atoms with Crippen molar-refractivity contribution in [2.45, 2.75) is 31.7 Å². The molecule has 2 N–H and O–H groups in total. The number of hydrogen-bond acceptors (Lipinski definition) is 5. The van der Waals surface area contributed by atoms with Crippen LogP contribution in [0.25, 0.3) is 0 Å². The topological polar surface area (TPSA) is 89.7 Å². The number of carbonyl (C=O) groups excluding carboxylic acids is 1. The lowest BCUT2D eigenvalue weighted by Gasteiger charge is -2.33. The first-order valence-electron chi connectivity index (χ1n) is 8.63. The van der Waals surface area contributed by atoms with Gasteiger partial charge in [-0.15, -0.1) is 12.4 Å². The predicted octanol–water partition coefficient (Wildman–Crippen LogP) is 1.66. The Hall–Kier alpha value is -1.31. The van der Waals surface area contributed by atoms with E-state index < -0.39 is 15.9 Å². The zero-order valence-electron chi connectivity index (χ0n) is 15.4. The molecule has 0 saturated carbocycles. The zero-order chi connectivity index (χ0) is 18.4. The zero-order valence-corrected chi connectivity index (χ0v) is 17.0. The molecule has 0 radical (unpaired) electrons. The molecule has 1 aliphatic heterocycles. The molecule has 1 heterocycles. The molecule has 2 rings (SSSR count). The summed E-state index contributed by atoms with van der Waals surface area (Å²) in [5.74, 6) is 1.22. The Labute approximate surface area is 162 Å². The van der Waals surface area contributed by atoms with Crippen LogP contribution in [0.15, 0.2) is 24.3 Å². The van der Waals surface area contributed by atoms with E-state index in [1.807, 2.05) is 12.1 Å². The van der Waals surface area contributed by atoms with E-state index >= 15 is 0 Å². The van der Waals surface area contributed by atoms with Crippen molar-refractivity contribution in [2.75, 3.05) is 32.2 Å². The van der Waals surface area contributed by atoms with Gasteiger partial charge in [-0.05, 0) is 49.3 Å². The number of hydrogen-bond donors (Lipinski definition) is 1. The van der Waals surface area contributed by atoms with Crippen LogP contribution in [0.5, 0.6) is 5.75 Å². The SMILES string of the molecule is COc1ccc(CC2CCN(C(=O)C(N)CCS(C)(=O)=O)CC2)cc1.Cl. The number of methoxy groups -OCH3 is 1. The van der Waals surface area contributed by atoms with Gasteiger partial charge in [-0.25, -0.2) is 8.42 Å². The molecule has 8 heteroatoms. The fraction of sp³-hybridized carbons (Fsp3) is 0.611. The van der Waals surface area contributed by atoms with Crippen molar-refractivity contribution >= 4 is 28.2 Å². The Morgan fingerprint density at radius 2 is 1.85 bits per heavy atom. The van der Waals surface area contributed by atoms with Gasteiger partial charge in [0.15, 0.2) is 0 Å². The Balaban J connectivity index is 0.00000338. The Kier molecular flexibility index (Phi) is 8.86. The third kappa shape index (κ3) is 7.13. The lowest BCUT2D eigenvalue weighted by Crippen LogP contribution is -2.47. The van der Waals surface area contributed by atoms with E-state index in [1.165, 1.54) is 5.56 Å². The van der Waals surface area contributed by atoms with E-state index in [9.17, 15) is 13.2 Å². The Bertz CT molecular complexity index is 671. The molecule has 26 heavy (non-hydrogen) atoms. The van der Waals surface area contributed by atoms with Gasteiger partial charge in [-0.1, -0.05) is 12.1 Å². The highest BCUT2D eigenvalue weighted by atomic mass is 35.5. The summed E-state index contributed by atoms with van der Waals surface area (Å²) in [5.41, 5.74) is 7.15. The van der Waals surface area contributed by atoms with E-state index in [0.29, 0.717) is 19.0 Å². The average Bonchev–Trinajstić information content (AvgIpc) is 2.60. The van der Waals surface area contributed by atoms with Gasteiger partial charge in [0.1, 0.15) is 15.6 Å². The molecule has 1 aliphatic rings. The summed E-state index contributed by atoms with van der Waals surface area (Å²) in [6.45, 7) is 1.37. The van der Waals surface area contributed by atoms with Gasteiger partial charge in [-0.2, -0.15) is 0 Å². The first-order chi connectivity index (χ1) is 11.8. The number of rotatable bonds is 7. The van der Waals surface area contributed by atoms with E-state index in [1.54, 1.807) is 12.0 Å². The second kappa shape index (κ2) is 10.1. The van der Waals surface area contributed by atoms with Crippen molar-refractivity contribution in [1.82, 2.24) is 4.90 Å². The third-order valence-corrected chi connectivity index (χ3v) is 5.70. The minimum Gasteiger partial charge on any atom is -0.497 e. The number of carbonyl (C=O) groups is 1. The number of amides is 1. The van der Waals surface area contributed by atoms with Crippen LogP contribution >= 0.6 is 12.4 Å². The fourth-order valence-electron chi connectivity index (χ4n) is 3.15. The van der Waals surface area contributed by atoms with Crippen LogP contribution in [0, 0.1) is 5.92 Å². The van der Waals surface area contributed by atoms with Crippen molar-refractivity contribution < 1.29 is 17.9 Å². The maximum Gasteiger partial charge on any atom is 0.239 e. The van der Waals surface area contributed by atoms with Gasteiger partial charge in [-0.3, -0.25) is 4.79 Å². The molecule has 1 atom stereocenters. The van der Waals surface area contributed by atoms with Crippen LogP contribution in [0.4, 0.5) is 0 Å². The molecule has 0 aromatic heterocycles. The van der Waals surface area contributed by atoms with Crippen molar-refractivity contribution in [3.8, 4) is 5.75 Å². The smallest absolute Gasteiger partial charge is 0.239 e. The second-order valence-corrected chi connectivity index (χ2v) is 9.11. The number of halogens is 1. The van der Waals surface area contributed by atoms with Crippen LogP contribution in [0.1, 0.15) is 24.8 Å². The summed E-state index contributed by atoms with van der Waals surface area (Å²) in [4.78, 5) is 14.1. The molecule has 0 spiro atoms. The molecule has 6 nitrogen and oxygen atoms in total. The molecule has 1 aromatic rings. The average molecular weight is 405 g/mol. The number of ether oxygens (including phenoxy) is 1. The van der Waals surface area contributed by atoms with Gasteiger partial charge in [0.25, 0.3) is 0 Å². The minimum absolute atomic E-state index is 0. The number of nitrogens with zero attached hydrogens (tertiary/aromatic N) is 1. The highest BCUT2D eigenvalue weighted by molar-refractivity contribution is 7.90. The summed E-state index contributed by atoms with van der Waals surface area (Å²) in [5, 5.41) is 0. The quantitative estimate of drug-likeness (QED) is 0.746. The molecule has 1 saturated heterocycles. The fourth-order valence-corrected chi connectivity index (χ4v) is 3.83. The molecule has 1 unspecified atom stereocenters.